The standard InChI is InChI=1S/C21H27N3O/c1-17-8-10-18(11-9-17)16-23-20-7-3-2-6-19(20)21(22)25-15-14-24-12-4-5-13-24/h2-3,6-11,22-23H,4-5,12-16H2,1H3. The van der Waals surface area contributed by atoms with Crippen molar-refractivity contribution in [3.05, 3.63) is 65.2 Å². The number of aryl methyl sites for hydroxylation is 1. The first kappa shape index (κ1) is 17.5. The largest absolute Gasteiger partial charge is 0.476 e. The summed E-state index contributed by atoms with van der Waals surface area (Å²) in [4.78, 5) is 2.40. The highest BCUT2D eigenvalue weighted by Gasteiger charge is 2.13. The monoisotopic (exact) mass is 337 g/mol. The molecule has 1 saturated heterocycles. The highest BCUT2D eigenvalue weighted by molar-refractivity contribution is 5.97. The zero-order valence-corrected chi connectivity index (χ0v) is 14.9. The fourth-order valence-corrected chi connectivity index (χ4v) is 3.10. The van der Waals surface area contributed by atoms with E-state index in [1.807, 2.05) is 24.3 Å². The van der Waals surface area contributed by atoms with Crippen molar-refractivity contribution in [2.24, 2.45) is 0 Å². The Hall–Kier alpha value is -2.33. The number of nitrogens with zero attached hydrogens (tertiary/aromatic N) is 1. The molecule has 4 nitrogen and oxygen atoms in total. The van der Waals surface area contributed by atoms with Gasteiger partial charge in [0.1, 0.15) is 6.61 Å². The van der Waals surface area contributed by atoms with Crippen molar-refractivity contribution in [3.63, 3.8) is 0 Å². The van der Waals surface area contributed by atoms with Gasteiger partial charge in [0.2, 0.25) is 5.90 Å². The van der Waals surface area contributed by atoms with Gasteiger partial charge in [-0.25, -0.2) is 0 Å². The van der Waals surface area contributed by atoms with Crippen molar-refractivity contribution < 1.29 is 4.74 Å². The normalized spacial score (nSPS) is 14.4. The van der Waals surface area contributed by atoms with E-state index in [2.05, 4.69) is 41.4 Å². The zero-order valence-electron chi connectivity index (χ0n) is 14.9. The summed E-state index contributed by atoms with van der Waals surface area (Å²) in [5.74, 6) is 0.242. The number of anilines is 1. The van der Waals surface area contributed by atoms with Crippen LogP contribution in [0.2, 0.25) is 0 Å². The van der Waals surface area contributed by atoms with E-state index in [-0.39, 0.29) is 5.90 Å². The third kappa shape index (κ3) is 5.07. The maximum Gasteiger partial charge on any atom is 0.215 e. The molecule has 0 atom stereocenters. The molecule has 2 aromatic carbocycles. The second-order valence-electron chi connectivity index (χ2n) is 6.61. The Kier molecular flexibility index (Phi) is 6.07. The molecule has 0 amide bonds. The van der Waals surface area contributed by atoms with Crippen molar-refractivity contribution in [1.29, 1.82) is 5.41 Å². The minimum absolute atomic E-state index is 0.242. The Labute approximate surface area is 150 Å². The van der Waals surface area contributed by atoms with Crippen molar-refractivity contribution in [2.45, 2.75) is 26.3 Å². The van der Waals surface area contributed by atoms with Crippen LogP contribution in [0.1, 0.15) is 29.5 Å². The molecule has 1 fully saturated rings. The van der Waals surface area contributed by atoms with Crippen LogP contribution in [0.3, 0.4) is 0 Å². The van der Waals surface area contributed by atoms with Crippen LogP contribution in [0, 0.1) is 12.3 Å². The molecule has 1 heterocycles. The molecule has 4 heteroatoms. The molecule has 25 heavy (non-hydrogen) atoms. The molecule has 3 rings (SSSR count). The number of hydrogen-bond acceptors (Lipinski definition) is 4. The quantitative estimate of drug-likeness (QED) is 0.592. The second kappa shape index (κ2) is 8.67. The zero-order chi connectivity index (χ0) is 17.5. The van der Waals surface area contributed by atoms with Gasteiger partial charge in [-0.15, -0.1) is 0 Å². The predicted octanol–water partition coefficient (Wildman–Crippen LogP) is 4.04. The maximum atomic E-state index is 8.28. The second-order valence-corrected chi connectivity index (χ2v) is 6.61. The van der Waals surface area contributed by atoms with Gasteiger partial charge in [-0.05, 0) is 50.6 Å². The number of nitrogens with one attached hydrogen (secondary N) is 2. The number of likely N-dealkylation sites (tertiary alicyclic amines) is 1. The molecule has 0 aromatic heterocycles. The first-order valence-electron chi connectivity index (χ1n) is 9.05. The van der Waals surface area contributed by atoms with Crippen LogP contribution >= 0.6 is 0 Å². The summed E-state index contributed by atoms with van der Waals surface area (Å²) in [5.41, 5.74) is 4.24. The Morgan fingerprint density at radius 2 is 1.80 bits per heavy atom. The van der Waals surface area contributed by atoms with E-state index in [1.165, 1.54) is 24.0 Å². The van der Waals surface area contributed by atoms with E-state index in [9.17, 15) is 0 Å². The van der Waals surface area contributed by atoms with Gasteiger partial charge < -0.3 is 10.1 Å². The summed E-state index contributed by atoms with van der Waals surface area (Å²) in [6, 6.07) is 16.4. The molecule has 0 spiro atoms. The van der Waals surface area contributed by atoms with E-state index in [0.717, 1.165) is 37.4 Å². The summed E-state index contributed by atoms with van der Waals surface area (Å²) in [5, 5.41) is 11.7. The first-order valence-corrected chi connectivity index (χ1v) is 9.05. The van der Waals surface area contributed by atoms with E-state index in [1.54, 1.807) is 0 Å². The van der Waals surface area contributed by atoms with Crippen LogP contribution in [0.15, 0.2) is 48.5 Å². The van der Waals surface area contributed by atoms with E-state index >= 15 is 0 Å². The number of benzene rings is 2. The van der Waals surface area contributed by atoms with E-state index in [0.29, 0.717) is 6.61 Å². The first-order chi connectivity index (χ1) is 12.2. The third-order valence-electron chi connectivity index (χ3n) is 4.63. The molecule has 1 aliphatic rings. The Morgan fingerprint density at radius 1 is 1.08 bits per heavy atom. The summed E-state index contributed by atoms with van der Waals surface area (Å²) in [7, 11) is 0. The molecule has 0 saturated carbocycles. The minimum Gasteiger partial charge on any atom is -0.476 e. The van der Waals surface area contributed by atoms with Crippen LogP contribution in [0.4, 0.5) is 5.69 Å². The number of ether oxygens (including phenoxy) is 1. The fraction of sp³-hybridized carbons (Fsp3) is 0.381. The summed E-state index contributed by atoms with van der Waals surface area (Å²) in [6.45, 7) is 6.62. The van der Waals surface area contributed by atoms with Crippen LogP contribution in [0.25, 0.3) is 0 Å². The van der Waals surface area contributed by atoms with E-state index < -0.39 is 0 Å². The Balaban J connectivity index is 1.55. The van der Waals surface area contributed by atoms with Crippen LogP contribution in [0.5, 0.6) is 0 Å². The average molecular weight is 337 g/mol. The molecule has 132 valence electrons. The highest BCUT2D eigenvalue weighted by Crippen LogP contribution is 2.18. The van der Waals surface area contributed by atoms with Crippen LogP contribution in [-0.4, -0.2) is 37.0 Å². The molecular formula is C21H27N3O. The van der Waals surface area contributed by atoms with Gasteiger partial charge in [-0.1, -0.05) is 42.0 Å². The Morgan fingerprint density at radius 3 is 2.56 bits per heavy atom. The molecule has 1 aliphatic heterocycles. The van der Waals surface area contributed by atoms with Gasteiger partial charge >= 0.3 is 0 Å². The van der Waals surface area contributed by atoms with Gasteiger partial charge in [-0.2, -0.15) is 0 Å². The van der Waals surface area contributed by atoms with E-state index in [4.69, 9.17) is 10.1 Å². The summed E-state index contributed by atoms with van der Waals surface area (Å²) < 4.78 is 5.70. The van der Waals surface area contributed by atoms with Gasteiger partial charge in [0.15, 0.2) is 0 Å². The molecule has 0 unspecified atom stereocenters. The number of hydrogen-bond donors (Lipinski definition) is 2. The van der Waals surface area contributed by atoms with Gasteiger partial charge in [0.25, 0.3) is 0 Å². The molecule has 2 N–H and O–H groups in total. The van der Waals surface area contributed by atoms with Crippen molar-refractivity contribution in [1.82, 2.24) is 4.90 Å². The molecular weight excluding hydrogens is 310 g/mol. The fourth-order valence-electron chi connectivity index (χ4n) is 3.10. The molecule has 0 bridgehead atoms. The Bertz CT molecular complexity index is 691. The van der Waals surface area contributed by atoms with Crippen molar-refractivity contribution in [3.8, 4) is 0 Å². The lowest BCUT2D eigenvalue weighted by atomic mass is 10.1. The van der Waals surface area contributed by atoms with Gasteiger partial charge in [-0.3, -0.25) is 10.3 Å². The average Bonchev–Trinajstić information content (AvgIpc) is 3.15. The SMILES string of the molecule is Cc1ccc(CNc2ccccc2C(=N)OCCN2CCCC2)cc1. The van der Waals surface area contributed by atoms with Crippen LogP contribution in [-0.2, 0) is 11.3 Å². The maximum absolute atomic E-state index is 8.28. The van der Waals surface area contributed by atoms with Gasteiger partial charge in [0, 0.05) is 18.8 Å². The number of rotatable bonds is 7. The lowest BCUT2D eigenvalue weighted by Gasteiger charge is -2.17. The lowest BCUT2D eigenvalue weighted by Crippen LogP contribution is -2.25. The lowest BCUT2D eigenvalue weighted by molar-refractivity contribution is 0.229. The van der Waals surface area contributed by atoms with Gasteiger partial charge in [0.05, 0.1) is 5.56 Å². The topological polar surface area (TPSA) is 48.4 Å². The molecule has 2 aromatic rings. The molecule has 0 aliphatic carbocycles. The minimum atomic E-state index is 0.242. The third-order valence-corrected chi connectivity index (χ3v) is 4.63. The van der Waals surface area contributed by atoms with Crippen molar-refractivity contribution >= 4 is 11.6 Å². The smallest absolute Gasteiger partial charge is 0.215 e. The number of para-hydroxylation sites is 1. The predicted molar refractivity (Wildman–Crippen MR) is 103 cm³/mol. The van der Waals surface area contributed by atoms with Crippen LogP contribution < -0.4 is 5.32 Å². The van der Waals surface area contributed by atoms with Crippen molar-refractivity contribution in [2.75, 3.05) is 31.6 Å². The highest BCUT2D eigenvalue weighted by atomic mass is 16.5. The summed E-state index contributed by atoms with van der Waals surface area (Å²) in [6.07, 6.45) is 2.56. The summed E-state index contributed by atoms with van der Waals surface area (Å²) >= 11 is 0. The molecule has 0 radical (unpaired) electrons.